The first-order valence-corrected chi connectivity index (χ1v) is 6.45. The van der Waals surface area contributed by atoms with Crippen LogP contribution in [0.3, 0.4) is 0 Å². The van der Waals surface area contributed by atoms with Crippen molar-refractivity contribution in [2.24, 2.45) is 5.92 Å². The van der Waals surface area contributed by atoms with Gasteiger partial charge in [0.25, 0.3) is 0 Å². The molecule has 0 saturated carbocycles. The van der Waals surface area contributed by atoms with Crippen molar-refractivity contribution < 1.29 is 0 Å². The summed E-state index contributed by atoms with van der Waals surface area (Å²) < 4.78 is 0. The molecule has 3 heteroatoms. The minimum Gasteiger partial charge on any atom is -0.316 e. The summed E-state index contributed by atoms with van der Waals surface area (Å²) in [5, 5.41) is 7.26. The van der Waals surface area contributed by atoms with E-state index < -0.39 is 0 Å². The van der Waals surface area contributed by atoms with Gasteiger partial charge in [0, 0.05) is 6.54 Å². The van der Waals surface area contributed by atoms with Gasteiger partial charge in [-0.3, -0.25) is 0 Å². The lowest BCUT2D eigenvalue weighted by molar-refractivity contribution is 0.236. The highest BCUT2D eigenvalue weighted by Gasteiger charge is 2.40. The van der Waals surface area contributed by atoms with Gasteiger partial charge in [0.05, 0.1) is 4.87 Å². The van der Waals surface area contributed by atoms with Gasteiger partial charge in [-0.25, -0.2) is 0 Å². The molecule has 2 rings (SSSR count). The van der Waals surface area contributed by atoms with Crippen LogP contribution in [0, 0.1) is 5.92 Å². The Hall–Kier alpha value is 0.270. The lowest BCUT2D eigenvalue weighted by Crippen LogP contribution is -2.58. The first kappa shape index (κ1) is 9.81. The molecule has 2 aliphatic rings. The quantitative estimate of drug-likeness (QED) is 0.669. The van der Waals surface area contributed by atoms with Gasteiger partial charge >= 0.3 is 0 Å². The van der Waals surface area contributed by atoms with Gasteiger partial charge in [-0.05, 0) is 44.0 Å². The van der Waals surface area contributed by atoms with Crippen LogP contribution in [0.4, 0.5) is 0 Å². The van der Waals surface area contributed by atoms with E-state index >= 15 is 0 Å². The number of thioether (sulfide) groups is 1. The fourth-order valence-corrected chi connectivity index (χ4v) is 4.08. The maximum Gasteiger partial charge on any atom is 0.0697 e. The summed E-state index contributed by atoms with van der Waals surface area (Å²) in [5.74, 6) is 2.18. The van der Waals surface area contributed by atoms with Crippen molar-refractivity contribution in [3.63, 3.8) is 0 Å². The van der Waals surface area contributed by atoms with E-state index in [2.05, 4.69) is 29.3 Å². The third kappa shape index (κ3) is 1.88. The third-order valence-corrected chi connectivity index (χ3v) is 5.01. The van der Waals surface area contributed by atoms with Crippen LogP contribution in [-0.2, 0) is 0 Å². The number of piperidine rings is 1. The van der Waals surface area contributed by atoms with Crippen molar-refractivity contribution in [1.82, 2.24) is 10.6 Å². The second-order valence-electron chi connectivity index (χ2n) is 4.08. The molecular formula is C10H20N2S. The van der Waals surface area contributed by atoms with Gasteiger partial charge in [-0.15, -0.1) is 11.8 Å². The maximum atomic E-state index is 3.76. The number of rotatable bonds is 1. The van der Waals surface area contributed by atoms with Gasteiger partial charge in [0.2, 0.25) is 0 Å². The van der Waals surface area contributed by atoms with Crippen LogP contribution >= 0.6 is 11.8 Å². The minimum absolute atomic E-state index is 0.429. The Bertz CT molecular complexity index is 158. The van der Waals surface area contributed by atoms with Gasteiger partial charge in [0.15, 0.2) is 0 Å². The van der Waals surface area contributed by atoms with Crippen molar-refractivity contribution in [1.29, 1.82) is 0 Å². The van der Waals surface area contributed by atoms with Crippen LogP contribution in [0.5, 0.6) is 0 Å². The zero-order chi connectivity index (χ0) is 9.15. The van der Waals surface area contributed by atoms with Crippen LogP contribution in [0.25, 0.3) is 0 Å². The fraction of sp³-hybridized carbons (Fsp3) is 1.00. The normalized spacial score (nSPS) is 40.8. The predicted octanol–water partition coefficient (Wildman–Crippen LogP) is 1.43. The van der Waals surface area contributed by atoms with E-state index in [1.807, 2.05) is 0 Å². The summed E-state index contributed by atoms with van der Waals surface area (Å²) >= 11 is 2.17. The Morgan fingerprint density at radius 3 is 3.08 bits per heavy atom. The van der Waals surface area contributed by atoms with Gasteiger partial charge in [0.1, 0.15) is 0 Å². The predicted molar refractivity (Wildman–Crippen MR) is 59.1 cm³/mol. The molecule has 2 nitrogen and oxygen atoms in total. The molecule has 2 saturated heterocycles. The lowest BCUT2D eigenvalue weighted by Gasteiger charge is -2.46. The van der Waals surface area contributed by atoms with Crippen LogP contribution < -0.4 is 10.6 Å². The van der Waals surface area contributed by atoms with E-state index in [0.717, 1.165) is 5.92 Å². The Labute approximate surface area is 85.2 Å². The zero-order valence-electron chi connectivity index (χ0n) is 8.44. The highest BCUT2D eigenvalue weighted by molar-refractivity contribution is 8.00. The molecule has 2 fully saturated rings. The van der Waals surface area contributed by atoms with Crippen molar-refractivity contribution >= 4 is 11.8 Å². The van der Waals surface area contributed by atoms with Crippen molar-refractivity contribution in [2.45, 2.75) is 31.1 Å². The highest BCUT2D eigenvalue weighted by atomic mass is 32.2. The summed E-state index contributed by atoms with van der Waals surface area (Å²) in [4.78, 5) is 0.429. The third-order valence-electron chi connectivity index (χ3n) is 3.32. The summed E-state index contributed by atoms with van der Waals surface area (Å²) in [6.07, 6.45) is 3.94. The van der Waals surface area contributed by atoms with Gasteiger partial charge < -0.3 is 10.6 Å². The van der Waals surface area contributed by atoms with Crippen molar-refractivity contribution in [3.8, 4) is 0 Å². The molecule has 13 heavy (non-hydrogen) atoms. The summed E-state index contributed by atoms with van der Waals surface area (Å²) in [6, 6.07) is 0. The first-order chi connectivity index (χ1) is 6.37. The van der Waals surface area contributed by atoms with Crippen molar-refractivity contribution in [3.05, 3.63) is 0 Å². The van der Waals surface area contributed by atoms with Gasteiger partial charge in [-0.2, -0.15) is 0 Å². The largest absolute Gasteiger partial charge is 0.316 e. The molecule has 2 N–H and O–H groups in total. The first-order valence-electron chi connectivity index (χ1n) is 5.47. The summed E-state index contributed by atoms with van der Waals surface area (Å²) in [7, 11) is 0. The van der Waals surface area contributed by atoms with E-state index in [-0.39, 0.29) is 0 Å². The van der Waals surface area contributed by atoms with E-state index in [1.54, 1.807) is 0 Å². The molecule has 0 aromatic rings. The topological polar surface area (TPSA) is 24.1 Å². The molecule has 76 valence electrons. The molecule has 0 bridgehead atoms. The van der Waals surface area contributed by atoms with E-state index in [9.17, 15) is 0 Å². The smallest absolute Gasteiger partial charge is 0.0697 e. The molecule has 0 aromatic carbocycles. The Morgan fingerprint density at radius 1 is 1.46 bits per heavy atom. The second-order valence-corrected chi connectivity index (χ2v) is 5.50. The minimum atomic E-state index is 0.429. The second kappa shape index (κ2) is 4.20. The molecule has 2 aliphatic heterocycles. The van der Waals surface area contributed by atoms with Crippen molar-refractivity contribution in [2.75, 3.05) is 25.4 Å². The zero-order valence-corrected chi connectivity index (χ0v) is 9.25. The number of nitrogens with one attached hydrogen (secondary N) is 2. The molecule has 2 atom stereocenters. The van der Waals surface area contributed by atoms with E-state index in [0.29, 0.717) is 4.87 Å². The van der Waals surface area contributed by atoms with Crippen LogP contribution in [0.15, 0.2) is 0 Å². The maximum absolute atomic E-state index is 3.76. The summed E-state index contributed by atoms with van der Waals surface area (Å²) in [6.45, 7) is 5.94. The molecule has 0 aliphatic carbocycles. The Morgan fingerprint density at radius 2 is 2.38 bits per heavy atom. The Balaban J connectivity index is 2.06. The number of hydrogen-bond donors (Lipinski definition) is 2. The SMILES string of the molecule is CCC1CNCCC12NCCCS2. The average Bonchev–Trinajstić information content (AvgIpc) is 2.20. The van der Waals surface area contributed by atoms with Gasteiger partial charge in [-0.1, -0.05) is 6.92 Å². The summed E-state index contributed by atoms with van der Waals surface area (Å²) in [5.41, 5.74) is 0. The lowest BCUT2D eigenvalue weighted by atomic mass is 9.90. The van der Waals surface area contributed by atoms with Crippen LogP contribution in [-0.4, -0.2) is 30.3 Å². The molecule has 2 unspecified atom stereocenters. The Kier molecular flexibility index (Phi) is 3.17. The molecule has 0 amide bonds. The number of hydrogen-bond acceptors (Lipinski definition) is 3. The average molecular weight is 200 g/mol. The molecule has 1 spiro atoms. The van der Waals surface area contributed by atoms with E-state index in [4.69, 9.17) is 0 Å². The van der Waals surface area contributed by atoms with Crippen LogP contribution in [0.1, 0.15) is 26.2 Å². The molecular weight excluding hydrogens is 180 g/mol. The van der Waals surface area contributed by atoms with Crippen LogP contribution in [0.2, 0.25) is 0 Å². The molecule has 0 radical (unpaired) electrons. The molecule has 0 aromatic heterocycles. The fourth-order valence-electron chi connectivity index (χ4n) is 2.49. The monoisotopic (exact) mass is 200 g/mol. The highest BCUT2D eigenvalue weighted by Crippen LogP contribution is 2.39. The standard InChI is InChI=1S/C10H20N2S/c1-2-9-8-11-6-4-10(9)12-5-3-7-13-10/h9,11-12H,2-8H2,1H3. The van der Waals surface area contributed by atoms with E-state index in [1.165, 1.54) is 44.6 Å². The molecule has 2 heterocycles.